The van der Waals surface area contributed by atoms with Gasteiger partial charge in [0.15, 0.2) is 0 Å². The Balaban J connectivity index is 3.06. The number of alkyl halides is 3. The minimum Gasteiger partial charge on any atom is -0.384 e. The topological polar surface area (TPSA) is 50.9 Å². The first-order valence-corrected chi connectivity index (χ1v) is 4.40. The number of nitrogens with two attached hydrogens (primary N) is 1. The summed E-state index contributed by atoms with van der Waals surface area (Å²) in [5.41, 5.74) is 4.49. The maximum absolute atomic E-state index is 12.4. The Kier molecular flexibility index (Phi) is 3.06. The average molecular weight is 219 g/mol. The normalized spacial score (nSPS) is 11.9. The van der Waals surface area contributed by atoms with Gasteiger partial charge in [-0.05, 0) is 26.0 Å². The van der Waals surface area contributed by atoms with Crippen LogP contribution in [0.4, 0.5) is 24.8 Å². The highest BCUT2D eigenvalue weighted by atomic mass is 19.4. The van der Waals surface area contributed by atoms with Gasteiger partial charge in [-0.25, -0.2) is 4.98 Å². The first-order chi connectivity index (χ1) is 6.79. The smallest absolute Gasteiger partial charge is 0.384 e. The van der Waals surface area contributed by atoms with E-state index in [2.05, 4.69) is 10.3 Å². The summed E-state index contributed by atoms with van der Waals surface area (Å²) in [5.74, 6) is -0.00898. The number of nitrogens with zero attached hydrogens (tertiary/aromatic N) is 1. The van der Waals surface area contributed by atoms with Crippen LogP contribution >= 0.6 is 0 Å². The van der Waals surface area contributed by atoms with Gasteiger partial charge in [0.1, 0.15) is 11.6 Å². The Hall–Kier alpha value is -1.46. The van der Waals surface area contributed by atoms with Crippen LogP contribution in [-0.2, 0) is 6.18 Å². The van der Waals surface area contributed by atoms with Gasteiger partial charge in [0, 0.05) is 6.04 Å². The molecule has 0 atom stereocenters. The van der Waals surface area contributed by atoms with Crippen molar-refractivity contribution in [2.24, 2.45) is 0 Å². The summed E-state index contributed by atoms with van der Waals surface area (Å²) < 4.78 is 37.1. The molecule has 1 heterocycles. The third-order valence-electron chi connectivity index (χ3n) is 1.61. The molecule has 3 N–H and O–H groups in total. The maximum atomic E-state index is 12.4. The van der Waals surface area contributed by atoms with Gasteiger partial charge < -0.3 is 11.1 Å². The van der Waals surface area contributed by atoms with Crippen LogP contribution < -0.4 is 11.1 Å². The molecule has 0 fully saturated rings. The number of nitrogens with one attached hydrogen (secondary N) is 1. The predicted molar refractivity (Wildman–Crippen MR) is 52.4 cm³/mol. The van der Waals surface area contributed by atoms with Gasteiger partial charge in [-0.2, -0.15) is 13.2 Å². The van der Waals surface area contributed by atoms with E-state index >= 15 is 0 Å². The van der Waals surface area contributed by atoms with E-state index in [0.717, 1.165) is 12.1 Å². The summed E-state index contributed by atoms with van der Waals surface area (Å²) in [6.45, 7) is 3.61. The summed E-state index contributed by atoms with van der Waals surface area (Å²) in [7, 11) is 0. The first kappa shape index (κ1) is 11.6. The summed E-state index contributed by atoms with van der Waals surface area (Å²) in [4.78, 5) is 3.75. The number of anilines is 2. The lowest BCUT2D eigenvalue weighted by Gasteiger charge is -2.12. The lowest BCUT2D eigenvalue weighted by molar-refractivity contribution is -0.137. The number of hydrogen-bond acceptors (Lipinski definition) is 3. The van der Waals surface area contributed by atoms with Gasteiger partial charge in [0.05, 0.1) is 5.56 Å². The van der Waals surface area contributed by atoms with Crippen LogP contribution in [0, 0.1) is 0 Å². The van der Waals surface area contributed by atoms with E-state index in [1.165, 1.54) is 0 Å². The molecule has 6 heteroatoms. The Bertz CT molecular complexity index is 347. The number of pyridine rings is 1. The average Bonchev–Trinajstić information content (AvgIpc) is 1.99. The van der Waals surface area contributed by atoms with Crippen LogP contribution in [0.15, 0.2) is 12.1 Å². The quantitative estimate of drug-likeness (QED) is 0.803. The number of aromatic nitrogens is 1. The highest BCUT2D eigenvalue weighted by Crippen LogP contribution is 2.31. The molecule has 3 nitrogen and oxygen atoms in total. The minimum atomic E-state index is -4.40. The second-order valence-corrected chi connectivity index (χ2v) is 3.46. The molecule has 0 spiro atoms. The van der Waals surface area contributed by atoms with Gasteiger partial charge in [0.2, 0.25) is 0 Å². The predicted octanol–water partition coefficient (Wildman–Crippen LogP) is 2.50. The Morgan fingerprint density at radius 2 is 1.93 bits per heavy atom. The molecule has 0 aliphatic heterocycles. The molecule has 1 aromatic heterocycles. The van der Waals surface area contributed by atoms with Crippen LogP contribution in [-0.4, -0.2) is 11.0 Å². The van der Waals surface area contributed by atoms with Crippen molar-refractivity contribution in [3.63, 3.8) is 0 Å². The summed E-state index contributed by atoms with van der Waals surface area (Å²) >= 11 is 0. The second kappa shape index (κ2) is 3.96. The summed E-state index contributed by atoms with van der Waals surface area (Å²) in [6.07, 6.45) is -4.40. The molecule has 0 amide bonds. The molecule has 0 saturated carbocycles. The SMILES string of the molecule is CC(C)Nc1cc(C(F)(F)F)cc(N)n1. The van der Waals surface area contributed by atoms with E-state index in [1.807, 2.05) is 0 Å². The monoisotopic (exact) mass is 219 g/mol. The van der Waals surface area contributed by atoms with E-state index in [0.29, 0.717) is 0 Å². The molecule has 1 aromatic rings. The highest BCUT2D eigenvalue weighted by Gasteiger charge is 2.31. The fraction of sp³-hybridized carbons (Fsp3) is 0.444. The number of rotatable bonds is 2. The third kappa shape index (κ3) is 3.30. The van der Waals surface area contributed by atoms with Crippen LogP contribution in [0.5, 0.6) is 0 Å². The number of halogens is 3. The fourth-order valence-corrected chi connectivity index (χ4v) is 1.09. The molecule has 0 aliphatic rings. The Morgan fingerprint density at radius 1 is 1.33 bits per heavy atom. The maximum Gasteiger partial charge on any atom is 0.416 e. The van der Waals surface area contributed by atoms with E-state index in [-0.39, 0.29) is 17.7 Å². The fourth-order valence-electron chi connectivity index (χ4n) is 1.09. The van der Waals surface area contributed by atoms with Crippen molar-refractivity contribution in [3.05, 3.63) is 17.7 Å². The third-order valence-corrected chi connectivity index (χ3v) is 1.61. The molecule has 0 unspecified atom stereocenters. The van der Waals surface area contributed by atoms with Crippen LogP contribution in [0.2, 0.25) is 0 Å². The van der Waals surface area contributed by atoms with Crippen molar-refractivity contribution < 1.29 is 13.2 Å². The summed E-state index contributed by atoms with van der Waals surface area (Å²) in [5, 5.41) is 2.77. The second-order valence-electron chi connectivity index (χ2n) is 3.46. The molecule has 84 valence electrons. The van der Waals surface area contributed by atoms with Gasteiger partial charge in [0.25, 0.3) is 0 Å². The lowest BCUT2D eigenvalue weighted by atomic mass is 10.2. The van der Waals surface area contributed by atoms with Gasteiger partial charge >= 0.3 is 6.18 Å². The Morgan fingerprint density at radius 3 is 2.40 bits per heavy atom. The zero-order valence-electron chi connectivity index (χ0n) is 8.39. The Labute approximate surface area is 85.5 Å². The molecule has 0 radical (unpaired) electrons. The molecule has 0 aromatic carbocycles. The van der Waals surface area contributed by atoms with E-state index in [1.54, 1.807) is 13.8 Å². The van der Waals surface area contributed by atoms with Crippen molar-refractivity contribution >= 4 is 11.6 Å². The van der Waals surface area contributed by atoms with Crippen molar-refractivity contribution in [3.8, 4) is 0 Å². The van der Waals surface area contributed by atoms with E-state index in [9.17, 15) is 13.2 Å². The summed E-state index contributed by atoms with van der Waals surface area (Å²) in [6, 6.07) is 1.75. The molecule has 0 aliphatic carbocycles. The van der Waals surface area contributed by atoms with Gasteiger partial charge in [-0.1, -0.05) is 0 Å². The first-order valence-electron chi connectivity index (χ1n) is 4.40. The highest BCUT2D eigenvalue weighted by molar-refractivity contribution is 5.47. The van der Waals surface area contributed by atoms with Crippen molar-refractivity contribution in [1.82, 2.24) is 4.98 Å². The number of nitrogen functional groups attached to an aromatic ring is 1. The van der Waals surface area contributed by atoms with Crippen molar-refractivity contribution in [2.75, 3.05) is 11.1 Å². The molecular weight excluding hydrogens is 207 g/mol. The largest absolute Gasteiger partial charge is 0.416 e. The van der Waals surface area contributed by atoms with E-state index in [4.69, 9.17) is 5.73 Å². The molecule has 15 heavy (non-hydrogen) atoms. The lowest BCUT2D eigenvalue weighted by Crippen LogP contribution is -2.14. The standard InChI is InChI=1S/C9H12F3N3/c1-5(2)14-8-4-6(9(10,11)12)3-7(13)15-8/h3-5H,1-2H3,(H3,13,14,15). The van der Waals surface area contributed by atoms with Crippen molar-refractivity contribution in [2.45, 2.75) is 26.1 Å². The van der Waals surface area contributed by atoms with Gasteiger partial charge in [-0.15, -0.1) is 0 Å². The van der Waals surface area contributed by atoms with Crippen LogP contribution in [0.1, 0.15) is 19.4 Å². The zero-order valence-corrected chi connectivity index (χ0v) is 8.39. The van der Waals surface area contributed by atoms with E-state index < -0.39 is 11.7 Å². The van der Waals surface area contributed by atoms with Gasteiger partial charge in [-0.3, -0.25) is 0 Å². The molecule has 1 rings (SSSR count). The zero-order chi connectivity index (χ0) is 11.6. The molecular formula is C9H12F3N3. The molecule has 0 bridgehead atoms. The number of hydrogen-bond donors (Lipinski definition) is 2. The molecule has 0 saturated heterocycles. The van der Waals surface area contributed by atoms with Crippen LogP contribution in [0.3, 0.4) is 0 Å². The van der Waals surface area contributed by atoms with Crippen LogP contribution in [0.25, 0.3) is 0 Å². The van der Waals surface area contributed by atoms with Crippen molar-refractivity contribution in [1.29, 1.82) is 0 Å². The minimum absolute atomic E-state index is 0.000355.